The molecule has 6 nitrogen and oxygen atoms in total. The van der Waals surface area contributed by atoms with Crippen LogP contribution in [0.4, 0.5) is 10.1 Å². The van der Waals surface area contributed by atoms with Gasteiger partial charge < -0.3 is 10.6 Å². The average Bonchev–Trinajstić information content (AvgIpc) is 2.63. The number of amides is 1. The summed E-state index contributed by atoms with van der Waals surface area (Å²) in [5, 5.41) is 5.97. The highest BCUT2D eigenvalue weighted by molar-refractivity contribution is 7.90. The van der Waals surface area contributed by atoms with Crippen LogP contribution in [0.15, 0.2) is 53.4 Å². The molecule has 0 radical (unpaired) electrons. The smallest absolute Gasteiger partial charge is 0.242 e. The lowest BCUT2D eigenvalue weighted by atomic mass is 10.1. The first-order valence-corrected chi connectivity index (χ1v) is 10.5. The van der Waals surface area contributed by atoms with Gasteiger partial charge in [-0.3, -0.25) is 9.69 Å². The van der Waals surface area contributed by atoms with E-state index in [4.69, 9.17) is 0 Å². The second-order valence-electron chi connectivity index (χ2n) is 6.65. The lowest BCUT2D eigenvalue weighted by molar-refractivity contribution is -0.119. The van der Waals surface area contributed by atoms with Gasteiger partial charge in [0.1, 0.15) is 5.82 Å². The maximum atomic E-state index is 13.0. The molecule has 27 heavy (non-hydrogen) atoms. The third-order valence-corrected chi connectivity index (χ3v) is 5.57. The number of anilines is 1. The van der Waals surface area contributed by atoms with Crippen molar-refractivity contribution in [2.75, 3.05) is 31.2 Å². The number of hydrogen-bond donors (Lipinski definition) is 2. The van der Waals surface area contributed by atoms with Crippen molar-refractivity contribution in [3.63, 3.8) is 0 Å². The fourth-order valence-corrected chi connectivity index (χ4v) is 3.62. The zero-order chi connectivity index (χ0) is 19.4. The van der Waals surface area contributed by atoms with Crippen LogP contribution in [0.3, 0.4) is 0 Å². The van der Waals surface area contributed by atoms with Crippen molar-refractivity contribution >= 4 is 21.4 Å². The van der Waals surface area contributed by atoms with Crippen molar-refractivity contribution in [2.24, 2.45) is 0 Å². The molecular formula is C19H22FN3O3S. The largest absolute Gasteiger partial charge is 0.325 e. The van der Waals surface area contributed by atoms with Gasteiger partial charge in [0.25, 0.3) is 0 Å². The number of carbonyl (C=O) groups excluding carboxylic acids is 1. The Labute approximate surface area is 158 Å². The van der Waals surface area contributed by atoms with Gasteiger partial charge >= 0.3 is 0 Å². The summed E-state index contributed by atoms with van der Waals surface area (Å²) in [6.07, 6.45) is 1.18. The Balaban J connectivity index is 1.58. The molecule has 2 aromatic rings. The maximum absolute atomic E-state index is 13.0. The van der Waals surface area contributed by atoms with E-state index in [0.717, 1.165) is 12.1 Å². The van der Waals surface area contributed by atoms with Gasteiger partial charge in [0.15, 0.2) is 9.84 Å². The molecule has 0 aromatic heterocycles. The first-order chi connectivity index (χ1) is 12.8. The lowest BCUT2D eigenvalue weighted by Crippen LogP contribution is -2.55. The predicted octanol–water partition coefficient (Wildman–Crippen LogP) is 1.64. The molecule has 0 spiro atoms. The number of sulfone groups is 1. The minimum Gasteiger partial charge on any atom is -0.325 e. The van der Waals surface area contributed by atoms with E-state index < -0.39 is 9.84 Å². The standard InChI is InChI=1S/C19H22FN3O3S/c1-27(25,26)17-8-2-14(3-9-17)12-23-11-10-21-18(13-23)19(24)22-16-6-4-15(20)5-7-16/h2-9,18,21H,10-13H2,1H3,(H,22,24)/t18-/m1/s1. The van der Waals surface area contributed by atoms with Crippen LogP contribution < -0.4 is 10.6 Å². The highest BCUT2D eigenvalue weighted by atomic mass is 32.2. The van der Waals surface area contributed by atoms with Crippen molar-refractivity contribution in [3.05, 3.63) is 59.9 Å². The highest BCUT2D eigenvalue weighted by Crippen LogP contribution is 2.14. The van der Waals surface area contributed by atoms with Gasteiger partial charge in [-0.2, -0.15) is 0 Å². The van der Waals surface area contributed by atoms with E-state index in [1.165, 1.54) is 30.5 Å². The number of halogens is 1. The van der Waals surface area contributed by atoms with Crippen LogP contribution >= 0.6 is 0 Å². The molecule has 1 saturated heterocycles. The third kappa shape index (κ3) is 5.35. The first kappa shape index (κ1) is 19.5. The molecule has 0 saturated carbocycles. The molecule has 1 atom stereocenters. The summed E-state index contributed by atoms with van der Waals surface area (Å²) in [7, 11) is -3.21. The molecule has 1 aliphatic heterocycles. The van der Waals surface area contributed by atoms with E-state index in [1.807, 2.05) is 0 Å². The van der Waals surface area contributed by atoms with Gasteiger partial charge in [0.05, 0.1) is 10.9 Å². The third-order valence-electron chi connectivity index (χ3n) is 4.45. The van der Waals surface area contributed by atoms with E-state index in [1.54, 1.807) is 24.3 Å². The van der Waals surface area contributed by atoms with E-state index in [-0.39, 0.29) is 17.8 Å². The zero-order valence-corrected chi connectivity index (χ0v) is 15.8. The molecule has 1 amide bonds. The number of nitrogens with one attached hydrogen (secondary N) is 2. The molecule has 2 aromatic carbocycles. The van der Waals surface area contributed by atoms with Crippen LogP contribution in [-0.4, -0.2) is 51.2 Å². The normalized spacial score (nSPS) is 18.2. The Hall–Kier alpha value is -2.29. The second-order valence-corrected chi connectivity index (χ2v) is 8.67. The summed E-state index contributed by atoms with van der Waals surface area (Å²) >= 11 is 0. The minimum absolute atomic E-state index is 0.168. The molecule has 0 aliphatic carbocycles. The Bertz CT molecular complexity index is 899. The zero-order valence-electron chi connectivity index (χ0n) is 15.0. The Kier molecular flexibility index (Phi) is 5.88. The summed E-state index contributed by atoms with van der Waals surface area (Å²) in [6.45, 7) is 2.62. The predicted molar refractivity (Wildman–Crippen MR) is 102 cm³/mol. The van der Waals surface area contributed by atoms with Crippen LogP contribution in [0.25, 0.3) is 0 Å². The number of hydrogen-bond acceptors (Lipinski definition) is 5. The quantitative estimate of drug-likeness (QED) is 0.810. The summed E-state index contributed by atoms with van der Waals surface area (Å²) in [5.74, 6) is -0.518. The monoisotopic (exact) mass is 391 g/mol. The van der Waals surface area contributed by atoms with Crippen molar-refractivity contribution in [1.82, 2.24) is 10.2 Å². The van der Waals surface area contributed by atoms with E-state index in [2.05, 4.69) is 15.5 Å². The van der Waals surface area contributed by atoms with Gasteiger partial charge in [-0.1, -0.05) is 12.1 Å². The Morgan fingerprint density at radius 2 is 1.85 bits per heavy atom. The molecule has 1 fully saturated rings. The number of benzene rings is 2. The highest BCUT2D eigenvalue weighted by Gasteiger charge is 2.25. The molecular weight excluding hydrogens is 369 g/mol. The molecule has 0 unspecified atom stereocenters. The Morgan fingerprint density at radius 3 is 2.48 bits per heavy atom. The van der Waals surface area contributed by atoms with Gasteiger partial charge in [-0.05, 0) is 42.0 Å². The summed E-state index contributed by atoms with van der Waals surface area (Å²) in [4.78, 5) is 14.9. The van der Waals surface area contributed by atoms with Gasteiger partial charge in [0.2, 0.25) is 5.91 Å². The average molecular weight is 391 g/mol. The molecule has 144 valence electrons. The van der Waals surface area contributed by atoms with E-state index in [9.17, 15) is 17.6 Å². The van der Waals surface area contributed by atoms with Crippen molar-refractivity contribution in [1.29, 1.82) is 0 Å². The minimum atomic E-state index is -3.21. The number of rotatable bonds is 5. The number of piperazine rings is 1. The van der Waals surface area contributed by atoms with Gasteiger partial charge in [0, 0.05) is 38.1 Å². The number of carbonyl (C=O) groups is 1. The SMILES string of the molecule is CS(=O)(=O)c1ccc(CN2CCN[C@@H](C(=O)Nc3ccc(F)cc3)C2)cc1. The molecule has 3 rings (SSSR count). The van der Waals surface area contributed by atoms with Gasteiger partial charge in [-0.25, -0.2) is 12.8 Å². The van der Waals surface area contributed by atoms with Crippen LogP contribution in [0.5, 0.6) is 0 Å². The first-order valence-electron chi connectivity index (χ1n) is 8.62. The molecule has 0 bridgehead atoms. The van der Waals surface area contributed by atoms with Crippen LogP contribution in [0.2, 0.25) is 0 Å². The fraction of sp³-hybridized carbons (Fsp3) is 0.316. The second kappa shape index (κ2) is 8.16. The van der Waals surface area contributed by atoms with Crippen LogP contribution in [0.1, 0.15) is 5.56 Å². The summed E-state index contributed by atoms with van der Waals surface area (Å²) in [6, 6.07) is 12.1. The topological polar surface area (TPSA) is 78.5 Å². The van der Waals surface area contributed by atoms with Crippen molar-refractivity contribution < 1.29 is 17.6 Å². The summed E-state index contributed by atoms with van der Waals surface area (Å²) < 4.78 is 36.0. The maximum Gasteiger partial charge on any atom is 0.242 e. The van der Waals surface area contributed by atoms with Crippen LogP contribution in [-0.2, 0) is 21.2 Å². The van der Waals surface area contributed by atoms with Crippen LogP contribution in [0, 0.1) is 5.82 Å². The van der Waals surface area contributed by atoms with E-state index in [0.29, 0.717) is 30.2 Å². The molecule has 2 N–H and O–H groups in total. The van der Waals surface area contributed by atoms with Crippen molar-refractivity contribution in [2.45, 2.75) is 17.5 Å². The summed E-state index contributed by atoms with van der Waals surface area (Å²) in [5.41, 5.74) is 1.54. The van der Waals surface area contributed by atoms with Gasteiger partial charge in [-0.15, -0.1) is 0 Å². The molecule has 1 aliphatic rings. The Morgan fingerprint density at radius 1 is 1.19 bits per heavy atom. The van der Waals surface area contributed by atoms with E-state index >= 15 is 0 Å². The lowest BCUT2D eigenvalue weighted by Gasteiger charge is -2.33. The molecule has 8 heteroatoms. The van der Waals surface area contributed by atoms with Crippen molar-refractivity contribution in [3.8, 4) is 0 Å². The fourth-order valence-electron chi connectivity index (χ4n) is 2.99. The molecule has 1 heterocycles. The number of nitrogens with zero attached hydrogens (tertiary/aromatic N) is 1.